The van der Waals surface area contributed by atoms with Crippen LogP contribution >= 0.6 is 0 Å². The topological polar surface area (TPSA) is 9.23 Å². The lowest BCUT2D eigenvalue weighted by Gasteiger charge is -2.40. The van der Waals surface area contributed by atoms with E-state index in [2.05, 4.69) is 6.92 Å². The molecule has 0 unspecified atom stereocenters. The van der Waals surface area contributed by atoms with Gasteiger partial charge in [0.1, 0.15) is 0 Å². The largest absolute Gasteiger partial charge is 0.492 e. The molecule has 1 nitrogen and oxygen atoms in total. The summed E-state index contributed by atoms with van der Waals surface area (Å²) in [5, 5.41) is 0. The molecule has 3 aliphatic carbocycles. The van der Waals surface area contributed by atoms with Crippen molar-refractivity contribution in [2.24, 2.45) is 23.7 Å². The molecule has 148 valence electrons. The van der Waals surface area contributed by atoms with Crippen LogP contribution in [0.5, 0.6) is 0 Å². The second kappa shape index (κ2) is 7.55. The summed E-state index contributed by atoms with van der Waals surface area (Å²) in [6, 6.07) is 0. The maximum absolute atomic E-state index is 14.6. The molecule has 26 heavy (non-hydrogen) atoms. The zero-order chi connectivity index (χ0) is 18.9. The van der Waals surface area contributed by atoms with Gasteiger partial charge in [-0.2, -0.15) is 17.6 Å². The van der Waals surface area contributed by atoms with E-state index in [4.69, 9.17) is 4.74 Å². The standard InChI is InChI=1S/C21H30F4O/c1-3-26-19-13-12-18(20(22,23)21(19,24)25)17-10-8-16(9-11-17)15-6-4-14(2)5-7-15/h12-17H,3-11H2,1-2H3. The number of alkyl halides is 4. The molecule has 0 amide bonds. The first-order valence-electron chi connectivity index (χ1n) is 10.1. The van der Waals surface area contributed by atoms with Gasteiger partial charge in [-0.1, -0.05) is 25.8 Å². The minimum Gasteiger partial charge on any atom is -0.492 e. The van der Waals surface area contributed by atoms with Gasteiger partial charge in [0.25, 0.3) is 0 Å². The van der Waals surface area contributed by atoms with Crippen molar-refractivity contribution in [1.29, 1.82) is 0 Å². The molecule has 0 aromatic heterocycles. The second-order valence-electron chi connectivity index (χ2n) is 8.37. The Balaban J connectivity index is 1.67. The molecule has 2 saturated carbocycles. The fourth-order valence-corrected chi connectivity index (χ4v) is 5.06. The van der Waals surface area contributed by atoms with E-state index in [1.54, 1.807) is 0 Å². The molecule has 0 N–H and O–H groups in total. The summed E-state index contributed by atoms with van der Waals surface area (Å²) in [6.45, 7) is 3.75. The van der Waals surface area contributed by atoms with Gasteiger partial charge in [0.2, 0.25) is 0 Å². The van der Waals surface area contributed by atoms with Crippen molar-refractivity contribution >= 4 is 0 Å². The Labute approximate surface area is 153 Å². The molecule has 0 heterocycles. The molecule has 0 radical (unpaired) electrons. The Kier molecular flexibility index (Phi) is 5.74. The van der Waals surface area contributed by atoms with Crippen LogP contribution < -0.4 is 0 Å². The molecular weight excluding hydrogens is 344 g/mol. The molecule has 0 aliphatic heterocycles. The lowest BCUT2D eigenvalue weighted by molar-refractivity contribution is -0.189. The fourth-order valence-electron chi connectivity index (χ4n) is 5.06. The third-order valence-electron chi connectivity index (χ3n) is 6.72. The quantitative estimate of drug-likeness (QED) is 0.495. The Morgan fingerprint density at radius 2 is 1.38 bits per heavy atom. The van der Waals surface area contributed by atoms with Crippen molar-refractivity contribution in [1.82, 2.24) is 0 Å². The van der Waals surface area contributed by atoms with Gasteiger partial charge in [0.05, 0.1) is 6.61 Å². The predicted molar refractivity (Wildman–Crippen MR) is 94.3 cm³/mol. The van der Waals surface area contributed by atoms with E-state index in [1.807, 2.05) is 0 Å². The van der Waals surface area contributed by atoms with Crippen LogP contribution in [-0.4, -0.2) is 18.5 Å². The average molecular weight is 374 g/mol. The molecule has 5 heteroatoms. The molecule has 3 aliphatic rings. The van der Waals surface area contributed by atoms with Crippen molar-refractivity contribution in [3.05, 3.63) is 23.5 Å². The van der Waals surface area contributed by atoms with E-state index >= 15 is 0 Å². The highest BCUT2D eigenvalue weighted by Gasteiger charge is 2.64. The van der Waals surface area contributed by atoms with Crippen LogP contribution in [0.15, 0.2) is 23.5 Å². The number of allylic oxidation sites excluding steroid dienone is 4. The van der Waals surface area contributed by atoms with Gasteiger partial charge in [-0.3, -0.25) is 0 Å². The first kappa shape index (κ1) is 19.8. The summed E-state index contributed by atoms with van der Waals surface area (Å²) in [7, 11) is 0. The Morgan fingerprint density at radius 1 is 0.846 bits per heavy atom. The highest BCUT2D eigenvalue weighted by atomic mass is 19.3. The summed E-state index contributed by atoms with van der Waals surface area (Å²) < 4.78 is 62.4. The highest BCUT2D eigenvalue weighted by molar-refractivity contribution is 5.36. The lowest BCUT2D eigenvalue weighted by Crippen LogP contribution is -2.48. The van der Waals surface area contributed by atoms with Gasteiger partial charge in [0, 0.05) is 5.57 Å². The van der Waals surface area contributed by atoms with Crippen molar-refractivity contribution in [2.75, 3.05) is 6.61 Å². The molecule has 0 atom stereocenters. The van der Waals surface area contributed by atoms with Crippen molar-refractivity contribution in [3.8, 4) is 0 Å². The van der Waals surface area contributed by atoms with Gasteiger partial charge in [-0.15, -0.1) is 0 Å². The number of halogens is 4. The van der Waals surface area contributed by atoms with Crippen LogP contribution in [0.1, 0.15) is 65.2 Å². The normalized spacial score (nSPS) is 36.8. The minimum absolute atomic E-state index is 0.0498. The zero-order valence-electron chi connectivity index (χ0n) is 15.7. The summed E-state index contributed by atoms with van der Waals surface area (Å²) in [4.78, 5) is 0. The van der Waals surface area contributed by atoms with E-state index in [0.29, 0.717) is 24.7 Å². The lowest BCUT2D eigenvalue weighted by atomic mass is 9.67. The smallest absolute Gasteiger partial charge is 0.369 e. The predicted octanol–water partition coefficient (Wildman–Crippen LogP) is 6.75. The summed E-state index contributed by atoms with van der Waals surface area (Å²) in [5.41, 5.74) is -0.401. The van der Waals surface area contributed by atoms with Crippen molar-refractivity contribution < 1.29 is 22.3 Å². The van der Waals surface area contributed by atoms with Gasteiger partial charge < -0.3 is 4.74 Å². The van der Waals surface area contributed by atoms with Crippen LogP contribution in [-0.2, 0) is 4.74 Å². The summed E-state index contributed by atoms with van der Waals surface area (Å²) >= 11 is 0. The van der Waals surface area contributed by atoms with E-state index in [-0.39, 0.29) is 6.61 Å². The number of rotatable bonds is 4. The Hall–Kier alpha value is -1.00. The van der Waals surface area contributed by atoms with Crippen LogP contribution in [0.3, 0.4) is 0 Å². The first-order valence-corrected chi connectivity index (χ1v) is 10.1. The molecule has 0 aromatic rings. The first-order chi connectivity index (χ1) is 12.3. The van der Waals surface area contributed by atoms with Crippen molar-refractivity contribution in [2.45, 2.75) is 77.1 Å². The molecule has 0 saturated heterocycles. The monoisotopic (exact) mass is 374 g/mol. The van der Waals surface area contributed by atoms with Gasteiger partial charge in [0.15, 0.2) is 5.76 Å². The molecule has 3 rings (SSSR count). The van der Waals surface area contributed by atoms with Crippen LogP contribution in [0.25, 0.3) is 0 Å². The zero-order valence-corrected chi connectivity index (χ0v) is 15.7. The molecular formula is C21H30F4O. The van der Waals surface area contributed by atoms with Crippen LogP contribution in [0.2, 0.25) is 0 Å². The van der Waals surface area contributed by atoms with E-state index in [0.717, 1.165) is 24.8 Å². The van der Waals surface area contributed by atoms with Crippen molar-refractivity contribution in [3.63, 3.8) is 0 Å². The average Bonchev–Trinajstić information content (AvgIpc) is 2.61. The highest BCUT2D eigenvalue weighted by Crippen LogP contribution is 2.53. The maximum Gasteiger partial charge on any atom is 0.369 e. The van der Waals surface area contributed by atoms with E-state index in [1.165, 1.54) is 38.7 Å². The van der Waals surface area contributed by atoms with Gasteiger partial charge in [-0.05, 0) is 75.2 Å². The van der Waals surface area contributed by atoms with Gasteiger partial charge in [-0.25, -0.2) is 0 Å². The summed E-state index contributed by atoms with van der Waals surface area (Å²) in [6.07, 6.45) is 10.1. The third-order valence-corrected chi connectivity index (χ3v) is 6.72. The summed E-state index contributed by atoms with van der Waals surface area (Å²) in [5.74, 6) is -7.73. The SMILES string of the molecule is CCOC1=CC=C(C2CCC(C3CCC(C)CC3)CC2)C(F)(F)C1(F)F. The second-order valence-corrected chi connectivity index (χ2v) is 8.37. The minimum atomic E-state index is -4.26. The van der Waals surface area contributed by atoms with E-state index < -0.39 is 29.1 Å². The molecule has 2 fully saturated rings. The number of ether oxygens (including phenoxy) is 1. The molecule has 0 aromatic carbocycles. The fraction of sp³-hybridized carbons (Fsp3) is 0.810. The Bertz CT molecular complexity index is 550. The van der Waals surface area contributed by atoms with Gasteiger partial charge >= 0.3 is 11.8 Å². The van der Waals surface area contributed by atoms with Crippen LogP contribution in [0.4, 0.5) is 17.6 Å². The number of hydrogen-bond acceptors (Lipinski definition) is 1. The molecule has 0 bridgehead atoms. The maximum atomic E-state index is 14.6. The molecule has 0 spiro atoms. The Morgan fingerprint density at radius 3 is 1.92 bits per heavy atom. The van der Waals surface area contributed by atoms with E-state index in [9.17, 15) is 17.6 Å². The van der Waals surface area contributed by atoms with Crippen LogP contribution in [0, 0.1) is 23.7 Å². The third kappa shape index (κ3) is 3.55. The number of hydrogen-bond donors (Lipinski definition) is 0.